The Morgan fingerprint density at radius 2 is 1.93 bits per heavy atom. The minimum atomic E-state index is -0.529. The van der Waals surface area contributed by atoms with E-state index in [2.05, 4.69) is 21.4 Å². The summed E-state index contributed by atoms with van der Waals surface area (Å²) in [4.78, 5) is 22.0. The average Bonchev–Trinajstić information content (AvgIpc) is 2.67. The first-order valence-corrected chi connectivity index (χ1v) is 10.2. The molecule has 8 heteroatoms. The average molecular weight is 416 g/mol. The lowest BCUT2D eigenvalue weighted by atomic mass is 10.2. The summed E-state index contributed by atoms with van der Waals surface area (Å²) >= 11 is 2.79. The van der Waals surface area contributed by atoms with E-state index in [4.69, 9.17) is 4.74 Å². The molecule has 1 aromatic heterocycles. The number of halogens is 1. The third-order valence-electron chi connectivity index (χ3n) is 3.61. The number of carbonyl (C=O) groups excluding carboxylic acids is 1. The molecule has 0 saturated heterocycles. The van der Waals surface area contributed by atoms with Gasteiger partial charge < -0.3 is 10.1 Å². The van der Waals surface area contributed by atoms with Gasteiger partial charge in [0.1, 0.15) is 10.1 Å². The number of rotatable bonds is 7. The van der Waals surface area contributed by atoms with Crippen LogP contribution in [0.15, 0.2) is 69.8 Å². The molecule has 144 valence electrons. The van der Waals surface area contributed by atoms with Gasteiger partial charge in [-0.1, -0.05) is 41.2 Å². The number of hydrogen-bond donors (Lipinski definition) is 1. The smallest absolute Gasteiger partial charge is 0.234 e. The van der Waals surface area contributed by atoms with Crippen LogP contribution in [-0.2, 0) is 4.79 Å². The Hall–Kier alpha value is -2.58. The van der Waals surface area contributed by atoms with Crippen LogP contribution >= 0.6 is 23.5 Å². The van der Waals surface area contributed by atoms with Crippen LogP contribution in [0.2, 0.25) is 0 Å². The number of thioether (sulfide) groups is 1. The zero-order valence-electron chi connectivity index (χ0n) is 15.3. The summed E-state index contributed by atoms with van der Waals surface area (Å²) in [7, 11) is 1.39. The van der Waals surface area contributed by atoms with Crippen molar-refractivity contribution >= 4 is 35.1 Å². The zero-order valence-corrected chi connectivity index (χ0v) is 16.9. The van der Waals surface area contributed by atoms with E-state index in [0.717, 1.165) is 15.5 Å². The number of ether oxygens (including phenoxy) is 1. The van der Waals surface area contributed by atoms with Gasteiger partial charge in [0.2, 0.25) is 5.91 Å². The third-order valence-corrected chi connectivity index (χ3v) is 5.70. The van der Waals surface area contributed by atoms with Gasteiger partial charge in [-0.05, 0) is 31.2 Å². The molecule has 3 rings (SSSR count). The Labute approximate surface area is 171 Å². The number of amides is 1. The molecule has 0 bridgehead atoms. The molecule has 0 fully saturated rings. The molecule has 2 aromatic carbocycles. The molecule has 0 spiro atoms. The van der Waals surface area contributed by atoms with Crippen LogP contribution < -0.4 is 10.1 Å². The number of benzene rings is 2. The molecule has 28 heavy (non-hydrogen) atoms. The quantitative estimate of drug-likeness (QED) is 0.559. The number of nitrogens with zero attached hydrogens (tertiary/aromatic N) is 2. The summed E-state index contributed by atoms with van der Waals surface area (Å²) in [5.41, 5.74) is 1.53. The Balaban J connectivity index is 1.63. The second-order valence-corrected chi connectivity index (χ2v) is 7.80. The van der Waals surface area contributed by atoms with Crippen LogP contribution in [0.25, 0.3) is 0 Å². The zero-order chi connectivity index (χ0) is 19.9. The maximum atomic E-state index is 13.7. The number of nitrogens with one attached hydrogen (secondary N) is 1. The first kappa shape index (κ1) is 20.2. The summed E-state index contributed by atoms with van der Waals surface area (Å²) in [5.74, 6) is -0.525. The maximum Gasteiger partial charge on any atom is 0.234 e. The van der Waals surface area contributed by atoms with Gasteiger partial charge >= 0.3 is 0 Å². The molecule has 0 aliphatic carbocycles. The fourth-order valence-corrected chi connectivity index (χ4v) is 4.17. The van der Waals surface area contributed by atoms with Gasteiger partial charge in [0, 0.05) is 29.0 Å². The monoisotopic (exact) mass is 415 g/mol. The number of carbonyl (C=O) groups is 1. The largest absolute Gasteiger partial charge is 0.494 e. The number of methoxy groups -OCH3 is 1. The first-order chi connectivity index (χ1) is 13.5. The molecule has 3 aromatic rings. The molecule has 0 saturated carbocycles. The molecule has 1 heterocycles. The normalized spacial score (nSPS) is 10.5. The van der Waals surface area contributed by atoms with Crippen molar-refractivity contribution in [3.63, 3.8) is 0 Å². The standard InChI is InChI=1S/C20H18FN3O2S2/c1-13-4-3-5-15(10-13)28-20-19(22-8-9-23-20)27-12-18(25)24-14-6-7-17(26-2)16(21)11-14/h3-11H,12H2,1-2H3,(H,24,25). The Morgan fingerprint density at radius 3 is 2.64 bits per heavy atom. The van der Waals surface area contributed by atoms with Crippen LogP contribution in [0, 0.1) is 12.7 Å². The van der Waals surface area contributed by atoms with E-state index in [1.54, 1.807) is 18.5 Å². The summed E-state index contributed by atoms with van der Waals surface area (Å²) in [6, 6.07) is 12.4. The van der Waals surface area contributed by atoms with E-state index >= 15 is 0 Å². The molecular weight excluding hydrogens is 397 g/mol. The number of aryl methyl sites for hydroxylation is 1. The van der Waals surface area contributed by atoms with E-state index in [-0.39, 0.29) is 17.4 Å². The lowest BCUT2D eigenvalue weighted by molar-refractivity contribution is -0.113. The molecule has 0 radical (unpaired) electrons. The maximum absolute atomic E-state index is 13.7. The molecule has 1 amide bonds. The van der Waals surface area contributed by atoms with E-state index in [0.29, 0.717) is 10.7 Å². The molecule has 0 atom stereocenters. The predicted molar refractivity (Wildman–Crippen MR) is 110 cm³/mol. The highest BCUT2D eigenvalue weighted by Crippen LogP contribution is 2.32. The molecule has 0 aliphatic heterocycles. The Kier molecular flexibility index (Phi) is 6.89. The van der Waals surface area contributed by atoms with Gasteiger partial charge in [-0.2, -0.15) is 0 Å². The van der Waals surface area contributed by atoms with Gasteiger partial charge in [-0.25, -0.2) is 14.4 Å². The topological polar surface area (TPSA) is 64.1 Å². The molecular formula is C20H18FN3O2S2. The van der Waals surface area contributed by atoms with Crippen molar-refractivity contribution in [1.29, 1.82) is 0 Å². The fourth-order valence-electron chi connectivity index (χ4n) is 2.35. The van der Waals surface area contributed by atoms with Crippen molar-refractivity contribution < 1.29 is 13.9 Å². The lowest BCUT2D eigenvalue weighted by Crippen LogP contribution is -2.14. The van der Waals surface area contributed by atoms with Crippen molar-refractivity contribution in [2.24, 2.45) is 0 Å². The van der Waals surface area contributed by atoms with Gasteiger partial charge in [-0.3, -0.25) is 4.79 Å². The summed E-state index contributed by atoms with van der Waals surface area (Å²) in [5, 5.41) is 4.08. The number of anilines is 1. The second kappa shape index (κ2) is 9.57. The molecule has 1 N–H and O–H groups in total. The Bertz CT molecular complexity index is 985. The van der Waals surface area contributed by atoms with E-state index < -0.39 is 5.82 Å². The Morgan fingerprint density at radius 1 is 1.14 bits per heavy atom. The van der Waals surface area contributed by atoms with Gasteiger partial charge in [0.05, 0.1) is 12.9 Å². The van der Waals surface area contributed by atoms with Crippen molar-refractivity contribution in [2.75, 3.05) is 18.2 Å². The predicted octanol–water partition coefficient (Wildman–Crippen LogP) is 4.81. The van der Waals surface area contributed by atoms with Crippen LogP contribution in [0.4, 0.5) is 10.1 Å². The first-order valence-electron chi connectivity index (χ1n) is 8.37. The third kappa shape index (κ3) is 5.46. The van der Waals surface area contributed by atoms with Gasteiger partial charge in [0.15, 0.2) is 11.6 Å². The van der Waals surface area contributed by atoms with Gasteiger partial charge in [0.25, 0.3) is 0 Å². The van der Waals surface area contributed by atoms with Crippen LogP contribution in [0.1, 0.15) is 5.56 Å². The highest BCUT2D eigenvalue weighted by Gasteiger charge is 2.12. The van der Waals surface area contributed by atoms with Crippen molar-refractivity contribution in [1.82, 2.24) is 9.97 Å². The lowest BCUT2D eigenvalue weighted by Gasteiger charge is -2.09. The summed E-state index contributed by atoms with van der Waals surface area (Å²) in [6.07, 6.45) is 3.22. The highest BCUT2D eigenvalue weighted by molar-refractivity contribution is 8.02. The van der Waals surface area contributed by atoms with Crippen LogP contribution in [-0.4, -0.2) is 28.7 Å². The highest BCUT2D eigenvalue weighted by atomic mass is 32.2. The minimum absolute atomic E-state index is 0.129. The van der Waals surface area contributed by atoms with Crippen LogP contribution in [0.3, 0.4) is 0 Å². The van der Waals surface area contributed by atoms with Gasteiger partial charge in [-0.15, -0.1) is 0 Å². The molecule has 5 nitrogen and oxygen atoms in total. The molecule has 0 unspecified atom stereocenters. The second-order valence-electron chi connectivity index (χ2n) is 5.77. The van der Waals surface area contributed by atoms with Crippen molar-refractivity contribution in [2.45, 2.75) is 21.9 Å². The SMILES string of the molecule is COc1ccc(NC(=O)CSc2nccnc2Sc2cccc(C)c2)cc1F. The van der Waals surface area contributed by atoms with Crippen molar-refractivity contribution in [3.8, 4) is 5.75 Å². The number of hydrogen-bond acceptors (Lipinski definition) is 6. The molecule has 0 aliphatic rings. The van der Waals surface area contributed by atoms with Crippen molar-refractivity contribution in [3.05, 3.63) is 66.2 Å². The van der Waals surface area contributed by atoms with E-state index in [1.807, 2.05) is 25.1 Å². The van der Waals surface area contributed by atoms with Crippen LogP contribution in [0.5, 0.6) is 5.75 Å². The fraction of sp³-hybridized carbons (Fsp3) is 0.150. The van der Waals surface area contributed by atoms with E-state index in [9.17, 15) is 9.18 Å². The number of aromatic nitrogens is 2. The minimum Gasteiger partial charge on any atom is -0.494 e. The summed E-state index contributed by atoms with van der Waals surface area (Å²) < 4.78 is 18.6. The summed E-state index contributed by atoms with van der Waals surface area (Å²) in [6.45, 7) is 2.03. The van der Waals surface area contributed by atoms with E-state index in [1.165, 1.54) is 42.8 Å².